The van der Waals surface area contributed by atoms with Gasteiger partial charge in [-0.15, -0.1) is 0 Å². The SMILES string of the molecule is CN(Cc1ccc2c(c1)OCCO2)C(=O)CN1C(=O)N[C@](C)(c2ccc3c(c2)OCO3)C1=O. The molecule has 3 aliphatic rings. The lowest BCUT2D eigenvalue weighted by atomic mass is 9.91. The van der Waals surface area contributed by atoms with Crippen LogP contribution in [-0.2, 0) is 21.7 Å². The van der Waals surface area contributed by atoms with Crippen LogP contribution in [-0.4, -0.2) is 61.2 Å². The average molecular weight is 453 g/mol. The van der Waals surface area contributed by atoms with Gasteiger partial charge in [-0.2, -0.15) is 0 Å². The Morgan fingerprint density at radius 1 is 1.00 bits per heavy atom. The van der Waals surface area contributed by atoms with E-state index >= 15 is 0 Å². The molecule has 0 aromatic heterocycles. The summed E-state index contributed by atoms with van der Waals surface area (Å²) in [6.45, 7) is 2.60. The average Bonchev–Trinajstić information content (AvgIpc) is 3.37. The quantitative estimate of drug-likeness (QED) is 0.686. The Kier molecular flexibility index (Phi) is 4.99. The summed E-state index contributed by atoms with van der Waals surface area (Å²) >= 11 is 0. The van der Waals surface area contributed by atoms with Crippen LogP contribution in [0.4, 0.5) is 4.79 Å². The van der Waals surface area contributed by atoms with Crippen LogP contribution in [0.15, 0.2) is 36.4 Å². The van der Waals surface area contributed by atoms with Crippen LogP contribution in [0.25, 0.3) is 0 Å². The van der Waals surface area contributed by atoms with Crippen molar-refractivity contribution in [1.82, 2.24) is 15.1 Å². The highest BCUT2D eigenvalue weighted by atomic mass is 16.7. The number of likely N-dealkylation sites (N-methyl/N-ethyl adjacent to an activating group) is 1. The third-order valence-electron chi connectivity index (χ3n) is 5.97. The van der Waals surface area contributed by atoms with Crippen molar-refractivity contribution in [2.24, 2.45) is 0 Å². The van der Waals surface area contributed by atoms with Crippen LogP contribution < -0.4 is 24.3 Å². The molecule has 10 heteroatoms. The molecule has 0 unspecified atom stereocenters. The van der Waals surface area contributed by atoms with Gasteiger partial charge in [0.1, 0.15) is 25.3 Å². The lowest BCUT2D eigenvalue weighted by Crippen LogP contribution is -2.43. The van der Waals surface area contributed by atoms with Crippen LogP contribution in [0.1, 0.15) is 18.1 Å². The van der Waals surface area contributed by atoms with Crippen molar-refractivity contribution in [3.05, 3.63) is 47.5 Å². The minimum absolute atomic E-state index is 0.103. The first-order valence-electron chi connectivity index (χ1n) is 10.5. The van der Waals surface area contributed by atoms with E-state index in [1.54, 1.807) is 38.2 Å². The van der Waals surface area contributed by atoms with Gasteiger partial charge in [0.2, 0.25) is 12.7 Å². The molecule has 3 aliphatic heterocycles. The van der Waals surface area contributed by atoms with E-state index in [2.05, 4.69) is 5.32 Å². The number of hydrogen-bond acceptors (Lipinski definition) is 7. The summed E-state index contributed by atoms with van der Waals surface area (Å²) < 4.78 is 21.8. The first kappa shape index (κ1) is 20.9. The zero-order valence-corrected chi connectivity index (χ0v) is 18.3. The molecule has 0 spiro atoms. The molecule has 0 bridgehead atoms. The minimum Gasteiger partial charge on any atom is -0.486 e. The van der Waals surface area contributed by atoms with Gasteiger partial charge in [-0.3, -0.25) is 14.5 Å². The van der Waals surface area contributed by atoms with Gasteiger partial charge >= 0.3 is 6.03 Å². The first-order valence-corrected chi connectivity index (χ1v) is 10.5. The van der Waals surface area contributed by atoms with Gasteiger partial charge in [-0.05, 0) is 42.3 Å². The smallest absolute Gasteiger partial charge is 0.325 e. The van der Waals surface area contributed by atoms with Crippen molar-refractivity contribution < 1.29 is 33.3 Å². The summed E-state index contributed by atoms with van der Waals surface area (Å²) in [7, 11) is 1.62. The van der Waals surface area contributed by atoms with Crippen LogP contribution >= 0.6 is 0 Å². The van der Waals surface area contributed by atoms with E-state index in [9.17, 15) is 14.4 Å². The van der Waals surface area contributed by atoms with Crippen molar-refractivity contribution in [3.8, 4) is 23.0 Å². The lowest BCUT2D eigenvalue weighted by molar-refractivity contribution is -0.138. The maximum absolute atomic E-state index is 13.2. The second kappa shape index (κ2) is 7.88. The summed E-state index contributed by atoms with van der Waals surface area (Å²) in [6.07, 6.45) is 0. The molecule has 0 saturated carbocycles. The second-order valence-corrected chi connectivity index (χ2v) is 8.24. The summed E-state index contributed by atoms with van der Waals surface area (Å²) in [6, 6.07) is 9.91. The number of nitrogens with one attached hydrogen (secondary N) is 1. The number of hydrogen-bond donors (Lipinski definition) is 1. The molecule has 4 amide bonds. The van der Waals surface area contributed by atoms with Crippen molar-refractivity contribution in [2.45, 2.75) is 19.0 Å². The summed E-state index contributed by atoms with van der Waals surface area (Å²) in [5.41, 5.74) is 0.0782. The molecule has 1 saturated heterocycles. The Morgan fingerprint density at radius 3 is 2.48 bits per heavy atom. The van der Waals surface area contributed by atoms with Crippen LogP contribution in [0.2, 0.25) is 0 Å². The van der Waals surface area contributed by atoms with Crippen molar-refractivity contribution >= 4 is 17.8 Å². The zero-order chi connectivity index (χ0) is 23.2. The number of urea groups is 1. The van der Waals surface area contributed by atoms with Gasteiger partial charge < -0.3 is 29.2 Å². The Hall–Kier alpha value is -3.95. The van der Waals surface area contributed by atoms with Gasteiger partial charge in [-0.1, -0.05) is 12.1 Å². The van der Waals surface area contributed by atoms with E-state index in [1.807, 2.05) is 12.1 Å². The van der Waals surface area contributed by atoms with E-state index in [1.165, 1.54) is 4.90 Å². The molecule has 0 aliphatic carbocycles. The largest absolute Gasteiger partial charge is 0.486 e. The molecule has 1 atom stereocenters. The fourth-order valence-corrected chi connectivity index (χ4v) is 4.05. The predicted molar refractivity (Wildman–Crippen MR) is 114 cm³/mol. The van der Waals surface area contributed by atoms with Crippen molar-refractivity contribution in [2.75, 3.05) is 33.6 Å². The van der Waals surface area contributed by atoms with E-state index in [0.717, 1.165) is 10.5 Å². The minimum atomic E-state index is -1.31. The zero-order valence-electron chi connectivity index (χ0n) is 18.3. The van der Waals surface area contributed by atoms with Crippen molar-refractivity contribution in [3.63, 3.8) is 0 Å². The van der Waals surface area contributed by atoms with E-state index < -0.39 is 17.5 Å². The maximum atomic E-state index is 13.2. The molecule has 10 nitrogen and oxygen atoms in total. The topological polar surface area (TPSA) is 107 Å². The van der Waals surface area contributed by atoms with Crippen LogP contribution in [0, 0.1) is 0 Å². The monoisotopic (exact) mass is 453 g/mol. The Morgan fingerprint density at radius 2 is 1.67 bits per heavy atom. The number of benzene rings is 2. The highest BCUT2D eigenvalue weighted by Gasteiger charge is 2.50. The fourth-order valence-electron chi connectivity index (χ4n) is 4.05. The summed E-state index contributed by atoms with van der Waals surface area (Å²) in [5, 5.41) is 2.71. The Bertz CT molecular complexity index is 1150. The maximum Gasteiger partial charge on any atom is 0.325 e. The van der Waals surface area contributed by atoms with Crippen molar-refractivity contribution in [1.29, 1.82) is 0 Å². The van der Waals surface area contributed by atoms with E-state index in [-0.39, 0.29) is 19.2 Å². The number of fused-ring (bicyclic) bond motifs is 2. The van der Waals surface area contributed by atoms with Gasteiger partial charge in [-0.25, -0.2) is 4.79 Å². The van der Waals surface area contributed by atoms with Gasteiger partial charge in [0.15, 0.2) is 23.0 Å². The Balaban J connectivity index is 1.27. The summed E-state index contributed by atoms with van der Waals surface area (Å²) in [5.74, 6) is 1.50. The number of rotatable bonds is 5. The molecule has 3 heterocycles. The molecule has 1 N–H and O–H groups in total. The van der Waals surface area contributed by atoms with Crippen LogP contribution in [0.5, 0.6) is 23.0 Å². The molecule has 1 fully saturated rings. The molecular formula is C23H23N3O7. The number of amides is 4. The highest BCUT2D eigenvalue weighted by Crippen LogP contribution is 2.38. The number of nitrogens with zero attached hydrogens (tertiary/aromatic N) is 2. The summed E-state index contributed by atoms with van der Waals surface area (Å²) in [4.78, 5) is 41.0. The molecular weight excluding hydrogens is 430 g/mol. The molecule has 0 radical (unpaired) electrons. The molecule has 5 rings (SSSR count). The van der Waals surface area contributed by atoms with Gasteiger partial charge in [0.05, 0.1) is 0 Å². The van der Waals surface area contributed by atoms with E-state index in [4.69, 9.17) is 18.9 Å². The molecule has 2 aromatic carbocycles. The predicted octanol–water partition coefficient (Wildman–Crippen LogP) is 1.61. The van der Waals surface area contributed by atoms with Crippen LogP contribution in [0.3, 0.4) is 0 Å². The lowest BCUT2D eigenvalue weighted by Gasteiger charge is -2.24. The fraction of sp³-hybridized carbons (Fsp3) is 0.348. The standard InChI is InChI=1S/C23H23N3O7/c1-23(15-4-6-17-19(10-15)33-13-32-17)21(28)26(22(29)24-23)12-20(27)25(2)11-14-3-5-16-18(9-14)31-8-7-30-16/h3-6,9-10H,7-8,11-13H2,1-2H3,(H,24,29)/t23-/m1/s1. The number of imide groups is 1. The third kappa shape index (κ3) is 3.67. The first-order chi connectivity index (χ1) is 15.8. The number of ether oxygens (including phenoxy) is 4. The number of carbonyl (C=O) groups excluding carboxylic acids is 3. The number of carbonyl (C=O) groups is 3. The normalized spacial score (nSPS) is 20.6. The third-order valence-corrected chi connectivity index (χ3v) is 5.97. The van der Waals surface area contributed by atoms with E-state index in [0.29, 0.717) is 48.3 Å². The van der Waals surface area contributed by atoms with Gasteiger partial charge in [0.25, 0.3) is 5.91 Å². The van der Waals surface area contributed by atoms with Gasteiger partial charge in [0, 0.05) is 13.6 Å². The highest BCUT2D eigenvalue weighted by molar-refractivity contribution is 6.09. The molecule has 172 valence electrons. The molecule has 2 aromatic rings. The second-order valence-electron chi connectivity index (χ2n) is 8.24. The molecule has 33 heavy (non-hydrogen) atoms. The Labute approximate surface area is 189 Å².